The molecule has 1 heterocycles. The lowest BCUT2D eigenvalue weighted by atomic mass is 9.96. The zero-order valence-electron chi connectivity index (χ0n) is 10.1. The second kappa shape index (κ2) is 4.90. The van der Waals surface area contributed by atoms with Crippen LogP contribution in [-0.2, 0) is 18.0 Å². The third-order valence-electron chi connectivity index (χ3n) is 3.38. The Morgan fingerprint density at radius 1 is 0.944 bits per heavy atom. The van der Waals surface area contributed by atoms with E-state index in [0.29, 0.717) is 6.61 Å². The molecule has 0 radical (unpaired) electrons. The van der Waals surface area contributed by atoms with E-state index in [2.05, 4.69) is 35.8 Å². The monoisotopic (exact) mass is 240 g/mol. The molecule has 2 aromatic rings. The number of nitrogens with two attached hydrogens (primary N) is 1. The maximum Gasteiger partial charge on any atom is 0.0725 e. The third kappa shape index (κ3) is 2.04. The third-order valence-corrected chi connectivity index (χ3v) is 3.38. The summed E-state index contributed by atoms with van der Waals surface area (Å²) in [5.74, 6) is 5.70. The minimum absolute atomic E-state index is 0.0251. The van der Waals surface area contributed by atoms with Gasteiger partial charge in [0.05, 0.1) is 19.3 Å². The van der Waals surface area contributed by atoms with Crippen LogP contribution < -0.4 is 11.3 Å². The van der Waals surface area contributed by atoms with Gasteiger partial charge >= 0.3 is 0 Å². The molecule has 3 rings (SSSR count). The number of hydrogen-bond donors (Lipinski definition) is 2. The molecule has 3 nitrogen and oxygen atoms in total. The molecule has 0 aliphatic carbocycles. The fourth-order valence-electron chi connectivity index (χ4n) is 2.40. The lowest BCUT2D eigenvalue weighted by Gasteiger charge is -2.17. The van der Waals surface area contributed by atoms with E-state index in [0.717, 1.165) is 6.61 Å². The van der Waals surface area contributed by atoms with E-state index in [-0.39, 0.29) is 6.04 Å². The van der Waals surface area contributed by atoms with Gasteiger partial charge < -0.3 is 4.74 Å². The standard InChI is InChI=1S/C15H16N2O/c16-17-15(11-4-2-1-3-5-11)12-6-7-13-9-18-10-14(13)8-12/h1-8,15,17H,9-10,16H2. The lowest BCUT2D eigenvalue weighted by Crippen LogP contribution is -2.28. The van der Waals surface area contributed by atoms with Crippen molar-refractivity contribution in [3.63, 3.8) is 0 Å². The molecule has 0 saturated heterocycles. The van der Waals surface area contributed by atoms with E-state index >= 15 is 0 Å². The Morgan fingerprint density at radius 3 is 2.50 bits per heavy atom. The van der Waals surface area contributed by atoms with E-state index in [4.69, 9.17) is 10.6 Å². The number of ether oxygens (including phenoxy) is 1. The second-order valence-electron chi connectivity index (χ2n) is 4.53. The zero-order chi connectivity index (χ0) is 12.4. The van der Waals surface area contributed by atoms with Crippen molar-refractivity contribution in [2.24, 2.45) is 5.84 Å². The summed E-state index contributed by atoms with van der Waals surface area (Å²) in [6, 6.07) is 16.7. The van der Waals surface area contributed by atoms with Crippen LogP contribution in [0.2, 0.25) is 0 Å². The van der Waals surface area contributed by atoms with Gasteiger partial charge in [0, 0.05) is 0 Å². The fraction of sp³-hybridized carbons (Fsp3) is 0.200. The number of benzene rings is 2. The normalized spacial score (nSPS) is 15.4. The van der Waals surface area contributed by atoms with Gasteiger partial charge in [0.1, 0.15) is 0 Å². The summed E-state index contributed by atoms with van der Waals surface area (Å²) < 4.78 is 5.44. The Morgan fingerprint density at radius 2 is 1.72 bits per heavy atom. The summed E-state index contributed by atoms with van der Waals surface area (Å²) in [5, 5.41) is 0. The predicted molar refractivity (Wildman–Crippen MR) is 70.5 cm³/mol. The van der Waals surface area contributed by atoms with Crippen molar-refractivity contribution in [1.82, 2.24) is 5.43 Å². The van der Waals surface area contributed by atoms with Crippen molar-refractivity contribution in [3.05, 3.63) is 70.8 Å². The predicted octanol–water partition coefficient (Wildman–Crippen LogP) is 2.27. The van der Waals surface area contributed by atoms with Crippen molar-refractivity contribution < 1.29 is 4.74 Å². The number of fused-ring (bicyclic) bond motifs is 1. The molecule has 0 bridgehead atoms. The zero-order valence-corrected chi connectivity index (χ0v) is 10.1. The van der Waals surface area contributed by atoms with Crippen LogP contribution >= 0.6 is 0 Å². The van der Waals surface area contributed by atoms with Gasteiger partial charge in [0.15, 0.2) is 0 Å². The summed E-state index contributed by atoms with van der Waals surface area (Å²) in [7, 11) is 0. The van der Waals surface area contributed by atoms with Gasteiger partial charge in [-0.3, -0.25) is 5.84 Å². The van der Waals surface area contributed by atoms with E-state index in [1.165, 1.54) is 22.3 Å². The molecular formula is C15H16N2O. The maximum absolute atomic E-state index is 5.70. The van der Waals surface area contributed by atoms with Crippen molar-refractivity contribution in [1.29, 1.82) is 0 Å². The van der Waals surface area contributed by atoms with Gasteiger partial charge in [-0.1, -0.05) is 48.5 Å². The molecule has 0 aromatic heterocycles. The molecule has 0 fully saturated rings. The molecule has 18 heavy (non-hydrogen) atoms. The molecular weight excluding hydrogens is 224 g/mol. The summed E-state index contributed by atoms with van der Waals surface area (Å²) >= 11 is 0. The van der Waals surface area contributed by atoms with Crippen LogP contribution in [0, 0.1) is 0 Å². The van der Waals surface area contributed by atoms with E-state index < -0.39 is 0 Å². The summed E-state index contributed by atoms with van der Waals surface area (Å²) in [6.45, 7) is 1.43. The van der Waals surface area contributed by atoms with Crippen molar-refractivity contribution in [2.45, 2.75) is 19.3 Å². The van der Waals surface area contributed by atoms with Crippen molar-refractivity contribution in [2.75, 3.05) is 0 Å². The molecule has 0 amide bonds. The second-order valence-corrected chi connectivity index (χ2v) is 4.53. The average molecular weight is 240 g/mol. The van der Waals surface area contributed by atoms with Crippen LogP contribution in [0.3, 0.4) is 0 Å². The van der Waals surface area contributed by atoms with Gasteiger partial charge in [0.2, 0.25) is 0 Å². The Kier molecular flexibility index (Phi) is 3.11. The molecule has 1 atom stereocenters. The molecule has 0 saturated carbocycles. The van der Waals surface area contributed by atoms with E-state index in [1.54, 1.807) is 0 Å². The largest absolute Gasteiger partial charge is 0.372 e. The Labute approximate surface area is 107 Å². The van der Waals surface area contributed by atoms with Gasteiger partial charge in [-0.15, -0.1) is 0 Å². The molecule has 2 aromatic carbocycles. The molecule has 92 valence electrons. The Bertz CT molecular complexity index is 539. The first-order valence-electron chi connectivity index (χ1n) is 6.09. The highest BCUT2D eigenvalue weighted by molar-refractivity contribution is 5.38. The van der Waals surface area contributed by atoms with Crippen LogP contribution in [-0.4, -0.2) is 0 Å². The SMILES string of the molecule is NNC(c1ccccc1)c1ccc2c(c1)COC2. The maximum atomic E-state index is 5.70. The smallest absolute Gasteiger partial charge is 0.0725 e. The lowest BCUT2D eigenvalue weighted by molar-refractivity contribution is 0.134. The molecule has 1 aliphatic heterocycles. The van der Waals surface area contributed by atoms with Gasteiger partial charge in [-0.2, -0.15) is 0 Å². The van der Waals surface area contributed by atoms with Gasteiger partial charge in [0.25, 0.3) is 0 Å². The van der Waals surface area contributed by atoms with Crippen LogP contribution in [0.1, 0.15) is 28.3 Å². The number of rotatable bonds is 3. The minimum atomic E-state index is 0.0251. The van der Waals surface area contributed by atoms with E-state index in [1.807, 2.05) is 18.2 Å². The Hall–Kier alpha value is -1.68. The first kappa shape index (κ1) is 11.4. The first-order chi connectivity index (χ1) is 8.88. The van der Waals surface area contributed by atoms with Crippen LogP contribution in [0.25, 0.3) is 0 Å². The van der Waals surface area contributed by atoms with Crippen molar-refractivity contribution >= 4 is 0 Å². The Balaban J connectivity index is 1.97. The molecule has 1 aliphatic rings. The minimum Gasteiger partial charge on any atom is -0.372 e. The average Bonchev–Trinajstić information content (AvgIpc) is 2.88. The van der Waals surface area contributed by atoms with Gasteiger partial charge in [-0.25, -0.2) is 5.43 Å². The van der Waals surface area contributed by atoms with Crippen LogP contribution in [0.15, 0.2) is 48.5 Å². The molecule has 0 spiro atoms. The van der Waals surface area contributed by atoms with Gasteiger partial charge in [-0.05, 0) is 22.3 Å². The summed E-state index contributed by atoms with van der Waals surface area (Å²) in [5.41, 5.74) is 7.77. The van der Waals surface area contributed by atoms with Crippen LogP contribution in [0.4, 0.5) is 0 Å². The molecule has 3 N–H and O–H groups in total. The highest BCUT2D eigenvalue weighted by Gasteiger charge is 2.16. The topological polar surface area (TPSA) is 47.3 Å². The highest BCUT2D eigenvalue weighted by atomic mass is 16.5. The fourth-order valence-corrected chi connectivity index (χ4v) is 2.40. The quantitative estimate of drug-likeness (QED) is 0.639. The number of hydrogen-bond acceptors (Lipinski definition) is 3. The van der Waals surface area contributed by atoms with Crippen molar-refractivity contribution in [3.8, 4) is 0 Å². The van der Waals surface area contributed by atoms with E-state index in [9.17, 15) is 0 Å². The highest BCUT2D eigenvalue weighted by Crippen LogP contribution is 2.26. The molecule has 1 unspecified atom stereocenters. The molecule has 3 heteroatoms. The van der Waals surface area contributed by atoms with Crippen LogP contribution in [0.5, 0.6) is 0 Å². The first-order valence-corrected chi connectivity index (χ1v) is 6.09. The summed E-state index contributed by atoms with van der Waals surface area (Å²) in [4.78, 5) is 0. The summed E-state index contributed by atoms with van der Waals surface area (Å²) in [6.07, 6.45) is 0. The number of hydrazine groups is 1. The number of nitrogens with one attached hydrogen (secondary N) is 1.